The Hall–Kier alpha value is -0.630. The molecule has 1 atom stereocenters. The van der Waals surface area contributed by atoms with Crippen molar-refractivity contribution in [1.29, 1.82) is 0 Å². The lowest BCUT2D eigenvalue weighted by Crippen LogP contribution is -2.24. The third-order valence-corrected chi connectivity index (χ3v) is 3.98. The molecule has 0 spiro atoms. The number of rotatable bonds is 9. The van der Waals surface area contributed by atoms with Gasteiger partial charge in [-0.05, 0) is 45.4 Å². The summed E-state index contributed by atoms with van der Waals surface area (Å²) in [5.74, 6) is 0.672. The molecule has 1 saturated carbocycles. The van der Waals surface area contributed by atoms with Gasteiger partial charge in [-0.1, -0.05) is 45.1 Å². The number of ketones is 1. The van der Waals surface area contributed by atoms with Gasteiger partial charge in [-0.2, -0.15) is 0 Å². The predicted octanol–water partition coefficient (Wildman–Crippen LogP) is 4.20. The molecule has 0 aromatic heterocycles. The number of hydrogen-bond acceptors (Lipinski definition) is 2. The molecule has 2 heteroatoms. The molecule has 2 nitrogen and oxygen atoms in total. The number of nitrogens with zero attached hydrogens (tertiary/aromatic N) is 1. The second-order valence-corrected chi connectivity index (χ2v) is 6.15. The van der Waals surface area contributed by atoms with Crippen molar-refractivity contribution in [2.45, 2.75) is 64.7 Å². The average molecular weight is 265 g/mol. The second-order valence-electron chi connectivity index (χ2n) is 6.15. The number of allylic oxidation sites excluding steroid dienone is 2. The van der Waals surface area contributed by atoms with Crippen LogP contribution < -0.4 is 0 Å². The van der Waals surface area contributed by atoms with Gasteiger partial charge in [0, 0.05) is 12.5 Å². The summed E-state index contributed by atoms with van der Waals surface area (Å²) < 4.78 is 0. The van der Waals surface area contributed by atoms with Crippen molar-refractivity contribution < 1.29 is 4.79 Å². The molecule has 110 valence electrons. The minimum absolute atomic E-state index is 0.255. The van der Waals surface area contributed by atoms with E-state index >= 15 is 0 Å². The lowest BCUT2D eigenvalue weighted by Gasteiger charge is -2.13. The first-order valence-electron chi connectivity index (χ1n) is 8.03. The number of Topliss-reactive ketones (excluding diaryl/α,β-unsaturated/α-hetero) is 1. The Balaban J connectivity index is 2.18. The van der Waals surface area contributed by atoms with Gasteiger partial charge in [-0.25, -0.2) is 0 Å². The number of hydrogen-bond donors (Lipinski definition) is 0. The highest BCUT2D eigenvalue weighted by atomic mass is 16.1. The number of unbranched alkanes of at least 4 members (excludes halogenated alkanes) is 6. The Morgan fingerprint density at radius 3 is 2.53 bits per heavy atom. The molecular formula is C17H31NO. The van der Waals surface area contributed by atoms with Crippen molar-refractivity contribution in [1.82, 2.24) is 4.90 Å². The van der Waals surface area contributed by atoms with Gasteiger partial charge in [-0.3, -0.25) is 4.79 Å². The summed E-state index contributed by atoms with van der Waals surface area (Å²) in [5.41, 5.74) is 1.11. The van der Waals surface area contributed by atoms with Gasteiger partial charge in [0.05, 0.1) is 0 Å². The molecule has 1 aliphatic carbocycles. The molecule has 1 rings (SSSR count). The molecule has 0 heterocycles. The van der Waals surface area contributed by atoms with Gasteiger partial charge in [0.2, 0.25) is 0 Å². The summed E-state index contributed by atoms with van der Waals surface area (Å²) in [6.07, 6.45) is 13.4. The molecule has 0 aromatic carbocycles. The Kier molecular flexibility index (Phi) is 8.04. The summed E-state index contributed by atoms with van der Waals surface area (Å²) in [5, 5.41) is 0. The van der Waals surface area contributed by atoms with E-state index in [-0.39, 0.29) is 5.92 Å². The number of carbonyl (C=O) groups is 1. The van der Waals surface area contributed by atoms with Crippen LogP contribution in [0, 0.1) is 5.92 Å². The highest BCUT2D eigenvalue weighted by molar-refractivity contribution is 5.99. The molecule has 0 aromatic rings. The monoisotopic (exact) mass is 265 g/mol. The summed E-state index contributed by atoms with van der Waals surface area (Å²) in [6, 6.07) is 0. The predicted molar refractivity (Wildman–Crippen MR) is 82.4 cm³/mol. The SMILES string of the molecule is CCCCCCCC/C=C1\CCC(CN(C)C)C1=O. The first-order chi connectivity index (χ1) is 9.15. The van der Waals surface area contributed by atoms with Crippen molar-refractivity contribution in [2.24, 2.45) is 5.92 Å². The van der Waals surface area contributed by atoms with E-state index in [4.69, 9.17) is 0 Å². The topological polar surface area (TPSA) is 20.3 Å². The number of carbonyl (C=O) groups excluding carboxylic acids is 1. The summed E-state index contributed by atoms with van der Waals surface area (Å²) in [6.45, 7) is 3.16. The van der Waals surface area contributed by atoms with E-state index < -0.39 is 0 Å². The molecular weight excluding hydrogens is 234 g/mol. The zero-order valence-corrected chi connectivity index (χ0v) is 13.1. The molecule has 0 amide bonds. The van der Waals surface area contributed by atoms with E-state index in [1.54, 1.807) is 0 Å². The summed E-state index contributed by atoms with van der Waals surface area (Å²) in [4.78, 5) is 14.3. The normalized spacial score (nSPS) is 21.8. The van der Waals surface area contributed by atoms with Crippen LogP contribution in [0.15, 0.2) is 11.6 Å². The molecule has 1 aliphatic rings. The molecule has 0 bridgehead atoms. The van der Waals surface area contributed by atoms with Crippen LogP contribution in [0.25, 0.3) is 0 Å². The first-order valence-corrected chi connectivity index (χ1v) is 8.03. The van der Waals surface area contributed by atoms with Crippen LogP contribution in [0.2, 0.25) is 0 Å². The largest absolute Gasteiger partial charge is 0.309 e. The highest BCUT2D eigenvalue weighted by Gasteiger charge is 2.28. The molecule has 0 saturated heterocycles. The van der Waals surface area contributed by atoms with E-state index in [0.717, 1.165) is 31.4 Å². The van der Waals surface area contributed by atoms with Gasteiger partial charge in [0.15, 0.2) is 5.78 Å². The van der Waals surface area contributed by atoms with Crippen molar-refractivity contribution in [3.8, 4) is 0 Å². The quantitative estimate of drug-likeness (QED) is 0.460. The molecule has 0 radical (unpaired) electrons. The Morgan fingerprint density at radius 1 is 1.16 bits per heavy atom. The van der Waals surface area contributed by atoms with E-state index in [1.807, 2.05) is 14.1 Å². The third kappa shape index (κ3) is 6.38. The third-order valence-electron chi connectivity index (χ3n) is 3.98. The van der Waals surface area contributed by atoms with Gasteiger partial charge >= 0.3 is 0 Å². The first kappa shape index (κ1) is 16.4. The van der Waals surface area contributed by atoms with Crippen molar-refractivity contribution in [3.63, 3.8) is 0 Å². The zero-order valence-electron chi connectivity index (χ0n) is 13.1. The Morgan fingerprint density at radius 2 is 1.84 bits per heavy atom. The fraction of sp³-hybridized carbons (Fsp3) is 0.824. The molecule has 0 aliphatic heterocycles. The van der Waals surface area contributed by atoms with E-state index in [0.29, 0.717) is 5.78 Å². The molecule has 1 fully saturated rings. The molecule has 1 unspecified atom stereocenters. The van der Waals surface area contributed by atoms with Crippen LogP contribution >= 0.6 is 0 Å². The minimum Gasteiger partial charge on any atom is -0.309 e. The zero-order chi connectivity index (χ0) is 14.1. The highest BCUT2D eigenvalue weighted by Crippen LogP contribution is 2.27. The van der Waals surface area contributed by atoms with Gasteiger partial charge in [-0.15, -0.1) is 0 Å². The van der Waals surface area contributed by atoms with Crippen LogP contribution in [0.3, 0.4) is 0 Å². The lowest BCUT2D eigenvalue weighted by atomic mass is 10.0. The Bertz CT molecular complexity index is 294. The molecule has 0 N–H and O–H groups in total. The summed E-state index contributed by atoms with van der Waals surface area (Å²) in [7, 11) is 4.09. The second kappa shape index (κ2) is 9.30. The van der Waals surface area contributed by atoms with Crippen LogP contribution in [-0.4, -0.2) is 31.3 Å². The maximum absolute atomic E-state index is 12.2. The molecule has 19 heavy (non-hydrogen) atoms. The Labute approximate surface area is 119 Å². The van der Waals surface area contributed by atoms with Crippen molar-refractivity contribution in [3.05, 3.63) is 11.6 Å². The van der Waals surface area contributed by atoms with Gasteiger partial charge in [0.25, 0.3) is 0 Å². The van der Waals surface area contributed by atoms with E-state index in [9.17, 15) is 4.79 Å². The lowest BCUT2D eigenvalue weighted by molar-refractivity contribution is -0.118. The van der Waals surface area contributed by atoms with Gasteiger partial charge < -0.3 is 4.90 Å². The van der Waals surface area contributed by atoms with E-state index in [2.05, 4.69) is 17.9 Å². The van der Waals surface area contributed by atoms with Gasteiger partial charge in [0.1, 0.15) is 0 Å². The van der Waals surface area contributed by atoms with Crippen LogP contribution in [-0.2, 0) is 4.79 Å². The van der Waals surface area contributed by atoms with Crippen molar-refractivity contribution >= 4 is 5.78 Å². The smallest absolute Gasteiger partial charge is 0.162 e. The van der Waals surface area contributed by atoms with Crippen LogP contribution in [0.4, 0.5) is 0 Å². The fourth-order valence-electron chi connectivity index (χ4n) is 2.86. The maximum Gasteiger partial charge on any atom is 0.162 e. The van der Waals surface area contributed by atoms with Crippen LogP contribution in [0.5, 0.6) is 0 Å². The maximum atomic E-state index is 12.2. The average Bonchev–Trinajstić information content (AvgIpc) is 2.70. The van der Waals surface area contributed by atoms with Crippen molar-refractivity contribution in [2.75, 3.05) is 20.6 Å². The minimum atomic E-state index is 0.255. The van der Waals surface area contributed by atoms with Crippen LogP contribution in [0.1, 0.15) is 64.7 Å². The standard InChI is InChI=1S/C17H31NO/c1-4-5-6-7-8-9-10-11-15-12-13-16(17(15)19)14-18(2)3/h11,16H,4-10,12-14H2,1-3H3/b15-11+. The summed E-state index contributed by atoms with van der Waals surface area (Å²) >= 11 is 0. The fourth-order valence-corrected chi connectivity index (χ4v) is 2.86. The van der Waals surface area contributed by atoms with E-state index in [1.165, 1.54) is 38.5 Å².